The van der Waals surface area contributed by atoms with Crippen LogP contribution >= 0.6 is 11.8 Å². The van der Waals surface area contributed by atoms with Crippen molar-refractivity contribution in [3.8, 4) is 0 Å². The van der Waals surface area contributed by atoms with Crippen LogP contribution in [0.25, 0.3) is 0 Å². The number of thioether (sulfide) groups is 1. The molecule has 0 atom stereocenters. The molecule has 0 amide bonds. The van der Waals surface area contributed by atoms with Crippen LogP contribution in [0.2, 0.25) is 0 Å². The summed E-state index contributed by atoms with van der Waals surface area (Å²) in [5, 5.41) is 8.81. The van der Waals surface area contributed by atoms with Gasteiger partial charge in [0, 0.05) is 24.5 Å². The lowest BCUT2D eigenvalue weighted by Gasteiger charge is -2.22. The fourth-order valence-corrected chi connectivity index (χ4v) is 2.71. The Labute approximate surface area is 99.5 Å². The molecular formula is C12H15NO2S. The minimum absolute atomic E-state index is 0.355. The summed E-state index contributed by atoms with van der Waals surface area (Å²) in [5.74, 6) is 1.52. The molecule has 0 unspecified atom stereocenters. The van der Waals surface area contributed by atoms with E-state index in [1.54, 1.807) is 12.1 Å². The summed E-state index contributed by atoms with van der Waals surface area (Å²) in [4.78, 5) is 13.1. The van der Waals surface area contributed by atoms with Gasteiger partial charge in [0.2, 0.25) is 0 Å². The molecule has 0 bridgehead atoms. The van der Waals surface area contributed by atoms with Gasteiger partial charge in [0.05, 0.1) is 5.56 Å². The molecule has 3 nitrogen and oxygen atoms in total. The summed E-state index contributed by atoms with van der Waals surface area (Å²) in [6.45, 7) is 2.12. The smallest absolute Gasteiger partial charge is 0.335 e. The van der Waals surface area contributed by atoms with E-state index in [-0.39, 0.29) is 0 Å². The topological polar surface area (TPSA) is 40.5 Å². The zero-order valence-corrected chi connectivity index (χ0v) is 9.87. The maximum atomic E-state index is 10.7. The standard InChI is InChI=1S/C12H15NO2S/c14-12(15)10-2-4-11(5-3-10)13-6-1-8-16-9-7-13/h2-5H,1,6-9H2,(H,14,15). The Bertz CT molecular complexity index is 356. The van der Waals surface area contributed by atoms with Gasteiger partial charge >= 0.3 is 5.97 Å². The van der Waals surface area contributed by atoms with Crippen molar-refractivity contribution in [2.45, 2.75) is 6.42 Å². The predicted molar refractivity (Wildman–Crippen MR) is 67.6 cm³/mol. The fraction of sp³-hybridized carbons (Fsp3) is 0.417. The highest BCUT2D eigenvalue weighted by atomic mass is 32.2. The van der Waals surface area contributed by atoms with Gasteiger partial charge in [-0.2, -0.15) is 11.8 Å². The minimum atomic E-state index is -0.863. The Kier molecular flexibility index (Phi) is 3.72. The van der Waals surface area contributed by atoms with Crippen LogP contribution < -0.4 is 4.90 Å². The lowest BCUT2D eigenvalue weighted by Crippen LogP contribution is -2.25. The van der Waals surface area contributed by atoms with Crippen LogP contribution in [0.15, 0.2) is 24.3 Å². The lowest BCUT2D eigenvalue weighted by atomic mass is 10.2. The summed E-state index contributed by atoms with van der Waals surface area (Å²) in [5.41, 5.74) is 1.49. The molecule has 1 aromatic carbocycles. The van der Waals surface area contributed by atoms with Crippen LogP contribution in [0, 0.1) is 0 Å². The van der Waals surface area contributed by atoms with Crippen LogP contribution in [0.1, 0.15) is 16.8 Å². The molecule has 1 heterocycles. The SMILES string of the molecule is O=C(O)c1ccc(N2CCCSCC2)cc1. The first kappa shape index (κ1) is 11.3. The summed E-state index contributed by atoms with van der Waals surface area (Å²) < 4.78 is 0. The number of aromatic carboxylic acids is 1. The third kappa shape index (κ3) is 2.70. The zero-order valence-electron chi connectivity index (χ0n) is 9.06. The molecule has 0 saturated carbocycles. The van der Waals surface area contributed by atoms with Crippen LogP contribution in [-0.2, 0) is 0 Å². The highest BCUT2D eigenvalue weighted by Gasteiger charge is 2.10. The van der Waals surface area contributed by atoms with Crippen molar-refractivity contribution in [2.75, 3.05) is 29.5 Å². The normalized spacial score (nSPS) is 16.9. The van der Waals surface area contributed by atoms with Crippen molar-refractivity contribution < 1.29 is 9.90 Å². The van der Waals surface area contributed by atoms with Crippen molar-refractivity contribution in [1.82, 2.24) is 0 Å². The van der Waals surface area contributed by atoms with E-state index in [4.69, 9.17) is 5.11 Å². The second-order valence-electron chi connectivity index (χ2n) is 3.81. The zero-order chi connectivity index (χ0) is 11.4. The second-order valence-corrected chi connectivity index (χ2v) is 5.03. The van der Waals surface area contributed by atoms with Gasteiger partial charge in [-0.05, 0) is 36.4 Å². The monoisotopic (exact) mass is 237 g/mol. The average Bonchev–Trinajstić information content (AvgIpc) is 2.57. The number of anilines is 1. The van der Waals surface area contributed by atoms with Crippen molar-refractivity contribution in [1.29, 1.82) is 0 Å². The summed E-state index contributed by atoms with van der Waals surface area (Å²) in [6.07, 6.45) is 1.20. The third-order valence-corrected chi connectivity index (χ3v) is 3.75. The minimum Gasteiger partial charge on any atom is -0.478 e. The first-order valence-corrected chi connectivity index (χ1v) is 6.59. The third-order valence-electron chi connectivity index (χ3n) is 2.70. The molecule has 2 rings (SSSR count). The van der Waals surface area contributed by atoms with Crippen molar-refractivity contribution in [3.05, 3.63) is 29.8 Å². The number of carbonyl (C=O) groups is 1. The van der Waals surface area contributed by atoms with E-state index in [2.05, 4.69) is 4.90 Å². The molecule has 86 valence electrons. The molecule has 0 aliphatic carbocycles. The predicted octanol–water partition coefficient (Wildman–Crippen LogP) is 2.33. The van der Waals surface area contributed by atoms with Gasteiger partial charge in [-0.15, -0.1) is 0 Å². The molecule has 1 aromatic rings. The molecule has 1 saturated heterocycles. The highest BCUT2D eigenvalue weighted by Crippen LogP contribution is 2.19. The quantitative estimate of drug-likeness (QED) is 0.857. The van der Waals surface area contributed by atoms with Gasteiger partial charge in [-0.1, -0.05) is 0 Å². The summed E-state index contributed by atoms with van der Waals surface area (Å²) in [7, 11) is 0. The summed E-state index contributed by atoms with van der Waals surface area (Å²) in [6, 6.07) is 7.16. The number of hydrogen-bond donors (Lipinski definition) is 1. The van der Waals surface area contributed by atoms with E-state index in [0.29, 0.717) is 5.56 Å². The first-order chi connectivity index (χ1) is 7.77. The van der Waals surface area contributed by atoms with E-state index in [9.17, 15) is 4.79 Å². The van der Waals surface area contributed by atoms with Gasteiger partial charge in [0.25, 0.3) is 0 Å². The number of nitrogens with zero attached hydrogens (tertiary/aromatic N) is 1. The maximum absolute atomic E-state index is 10.7. The first-order valence-electron chi connectivity index (χ1n) is 5.43. The molecule has 1 aliphatic heterocycles. The van der Waals surface area contributed by atoms with Crippen LogP contribution in [-0.4, -0.2) is 35.7 Å². The Hall–Kier alpha value is -1.16. The van der Waals surface area contributed by atoms with Crippen LogP contribution in [0.4, 0.5) is 5.69 Å². The van der Waals surface area contributed by atoms with Gasteiger partial charge in [-0.3, -0.25) is 0 Å². The number of carboxylic acid groups (broad SMARTS) is 1. The van der Waals surface area contributed by atoms with Crippen molar-refractivity contribution in [2.24, 2.45) is 0 Å². The number of benzene rings is 1. The molecular weight excluding hydrogens is 222 g/mol. The Balaban J connectivity index is 2.10. The summed E-state index contributed by atoms with van der Waals surface area (Å²) >= 11 is 1.99. The molecule has 16 heavy (non-hydrogen) atoms. The molecule has 1 N–H and O–H groups in total. The molecule has 0 aromatic heterocycles. The Morgan fingerprint density at radius 3 is 2.62 bits per heavy atom. The molecule has 4 heteroatoms. The largest absolute Gasteiger partial charge is 0.478 e. The Morgan fingerprint density at radius 1 is 1.19 bits per heavy atom. The van der Waals surface area contributed by atoms with Gasteiger partial charge in [-0.25, -0.2) is 4.79 Å². The van der Waals surface area contributed by atoms with Gasteiger partial charge < -0.3 is 10.0 Å². The average molecular weight is 237 g/mol. The molecule has 1 aliphatic rings. The van der Waals surface area contributed by atoms with E-state index >= 15 is 0 Å². The van der Waals surface area contributed by atoms with Crippen molar-refractivity contribution in [3.63, 3.8) is 0 Å². The van der Waals surface area contributed by atoms with Crippen LogP contribution in [0.3, 0.4) is 0 Å². The van der Waals surface area contributed by atoms with Gasteiger partial charge in [0.1, 0.15) is 0 Å². The number of carboxylic acids is 1. The van der Waals surface area contributed by atoms with E-state index in [1.807, 2.05) is 23.9 Å². The maximum Gasteiger partial charge on any atom is 0.335 e. The highest BCUT2D eigenvalue weighted by molar-refractivity contribution is 7.99. The molecule has 0 radical (unpaired) electrons. The Morgan fingerprint density at radius 2 is 1.94 bits per heavy atom. The van der Waals surface area contributed by atoms with Crippen molar-refractivity contribution >= 4 is 23.4 Å². The molecule has 1 fully saturated rings. The van der Waals surface area contributed by atoms with E-state index in [1.165, 1.54) is 12.2 Å². The number of rotatable bonds is 2. The lowest BCUT2D eigenvalue weighted by molar-refractivity contribution is 0.0697. The van der Waals surface area contributed by atoms with Crippen LogP contribution in [0.5, 0.6) is 0 Å². The fourth-order valence-electron chi connectivity index (χ4n) is 1.82. The van der Waals surface area contributed by atoms with E-state index < -0.39 is 5.97 Å². The second kappa shape index (κ2) is 5.25. The van der Waals surface area contributed by atoms with E-state index in [0.717, 1.165) is 24.5 Å². The van der Waals surface area contributed by atoms with Gasteiger partial charge in [0.15, 0.2) is 0 Å². The number of hydrogen-bond acceptors (Lipinski definition) is 3. The molecule has 0 spiro atoms.